The average Bonchev–Trinajstić information content (AvgIpc) is 2.88. The number of rotatable bonds is 8. The lowest BCUT2D eigenvalue weighted by molar-refractivity contribution is -0.122. The number of carboxylic acid groups (broad SMARTS) is 1. The third-order valence-corrected chi connectivity index (χ3v) is 6.90. The first kappa shape index (κ1) is 27.9. The van der Waals surface area contributed by atoms with Gasteiger partial charge in [0.2, 0.25) is 0 Å². The molecule has 0 aromatic heterocycles. The second kappa shape index (κ2) is 11.7. The van der Waals surface area contributed by atoms with Crippen LogP contribution in [0.25, 0.3) is 6.08 Å². The molecule has 4 rings (SSSR count). The summed E-state index contributed by atoms with van der Waals surface area (Å²) in [7, 11) is 0. The highest BCUT2D eigenvalue weighted by molar-refractivity contribution is 9.10. The molecule has 1 aliphatic heterocycles. The van der Waals surface area contributed by atoms with Crippen LogP contribution in [0.15, 0.2) is 64.6 Å². The maximum absolute atomic E-state index is 13.3. The van der Waals surface area contributed by atoms with E-state index in [1.807, 2.05) is 6.92 Å². The first-order valence-electron chi connectivity index (χ1n) is 11.7. The first-order valence-corrected chi connectivity index (χ1v) is 12.8. The van der Waals surface area contributed by atoms with E-state index in [1.54, 1.807) is 43.3 Å². The monoisotopic (exact) mass is 612 g/mol. The van der Waals surface area contributed by atoms with Crippen molar-refractivity contribution < 1.29 is 33.8 Å². The number of urea groups is 1. The summed E-state index contributed by atoms with van der Waals surface area (Å²) in [6, 6.07) is 13.4. The van der Waals surface area contributed by atoms with Gasteiger partial charge in [-0.25, -0.2) is 14.5 Å². The topological polar surface area (TPSA) is 122 Å². The molecule has 1 saturated heterocycles. The minimum atomic E-state index is -1.03. The van der Waals surface area contributed by atoms with Gasteiger partial charge in [-0.2, -0.15) is 0 Å². The number of benzene rings is 3. The zero-order valence-corrected chi connectivity index (χ0v) is 23.1. The Morgan fingerprint density at radius 3 is 2.44 bits per heavy atom. The molecule has 9 nitrogen and oxygen atoms in total. The Morgan fingerprint density at radius 1 is 1.08 bits per heavy atom. The van der Waals surface area contributed by atoms with Gasteiger partial charge in [0, 0.05) is 4.47 Å². The van der Waals surface area contributed by atoms with Crippen molar-refractivity contribution >= 4 is 63.1 Å². The number of carbonyl (C=O) groups is 4. The SMILES string of the molecule is CCOc1cc(/C=C2\C(=O)NC(=O)N(c3ccc(Br)c(C)c3)C2=O)cc(Cl)c1OCc1ccc(C(=O)O)cc1. The second-order valence-corrected chi connectivity index (χ2v) is 9.71. The summed E-state index contributed by atoms with van der Waals surface area (Å²) in [4.78, 5) is 50.4. The molecule has 0 aliphatic carbocycles. The molecule has 11 heteroatoms. The molecular formula is C28H22BrClN2O7. The van der Waals surface area contributed by atoms with Crippen molar-refractivity contribution in [3.63, 3.8) is 0 Å². The number of anilines is 1. The fourth-order valence-corrected chi connectivity index (χ4v) is 4.32. The molecule has 0 atom stereocenters. The molecule has 0 bridgehead atoms. The van der Waals surface area contributed by atoms with Crippen LogP contribution in [-0.2, 0) is 16.2 Å². The summed E-state index contributed by atoms with van der Waals surface area (Å²) < 4.78 is 12.4. The lowest BCUT2D eigenvalue weighted by Gasteiger charge is -2.26. The molecule has 3 aromatic rings. The number of ether oxygens (including phenoxy) is 2. The lowest BCUT2D eigenvalue weighted by Crippen LogP contribution is -2.54. The van der Waals surface area contributed by atoms with E-state index in [2.05, 4.69) is 21.2 Å². The molecule has 200 valence electrons. The van der Waals surface area contributed by atoms with Gasteiger partial charge >= 0.3 is 12.0 Å². The summed E-state index contributed by atoms with van der Waals surface area (Å²) in [5.74, 6) is -2.14. The highest BCUT2D eigenvalue weighted by atomic mass is 79.9. The predicted molar refractivity (Wildman–Crippen MR) is 148 cm³/mol. The fraction of sp³-hybridized carbons (Fsp3) is 0.143. The van der Waals surface area contributed by atoms with Crippen molar-refractivity contribution in [1.29, 1.82) is 0 Å². The number of imide groups is 2. The van der Waals surface area contributed by atoms with Gasteiger partial charge in [-0.15, -0.1) is 0 Å². The Bertz CT molecular complexity index is 1520. The first-order chi connectivity index (χ1) is 18.6. The maximum Gasteiger partial charge on any atom is 0.335 e. The van der Waals surface area contributed by atoms with E-state index in [1.165, 1.54) is 24.3 Å². The van der Waals surface area contributed by atoms with Crippen LogP contribution in [0.3, 0.4) is 0 Å². The molecule has 0 saturated carbocycles. The van der Waals surface area contributed by atoms with Crippen molar-refractivity contribution in [3.8, 4) is 11.5 Å². The number of carbonyl (C=O) groups excluding carboxylic acids is 3. The van der Waals surface area contributed by atoms with Crippen molar-refractivity contribution in [2.24, 2.45) is 0 Å². The highest BCUT2D eigenvalue weighted by Crippen LogP contribution is 2.38. The van der Waals surface area contributed by atoms with E-state index < -0.39 is 23.8 Å². The Hall–Kier alpha value is -4.15. The number of hydrogen-bond donors (Lipinski definition) is 2. The van der Waals surface area contributed by atoms with E-state index in [0.29, 0.717) is 16.8 Å². The van der Waals surface area contributed by atoms with Crippen LogP contribution in [0, 0.1) is 6.92 Å². The number of hydrogen-bond acceptors (Lipinski definition) is 6. The van der Waals surface area contributed by atoms with Crippen LogP contribution in [0.2, 0.25) is 5.02 Å². The molecule has 1 fully saturated rings. The van der Waals surface area contributed by atoms with Crippen LogP contribution in [0.5, 0.6) is 11.5 Å². The number of carboxylic acids is 1. The summed E-state index contributed by atoms with van der Waals surface area (Å²) in [6.07, 6.45) is 1.33. The van der Waals surface area contributed by atoms with Crippen LogP contribution in [0.1, 0.15) is 34.0 Å². The molecule has 39 heavy (non-hydrogen) atoms. The Labute approximate surface area is 237 Å². The van der Waals surface area contributed by atoms with Gasteiger partial charge < -0.3 is 14.6 Å². The Balaban J connectivity index is 1.63. The number of barbiturate groups is 1. The lowest BCUT2D eigenvalue weighted by atomic mass is 10.1. The molecule has 1 heterocycles. The quantitative estimate of drug-likeness (QED) is 0.245. The van der Waals surface area contributed by atoms with E-state index >= 15 is 0 Å². The number of halogens is 2. The van der Waals surface area contributed by atoms with Gasteiger partial charge in [-0.3, -0.25) is 14.9 Å². The maximum atomic E-state index is 13.3. The van der Waals surface area contributed by atoms with E-state index in [9.17, 15) is 19.2 Å². The summed E-state index contributed by atoms with van der Waals surface area (Å²) >= 11 is 9.90. The van der Waals surface area contributed by atoms with Gasteiger partial charge in [-0.1, -0.05) is 39.7 Å². The van der Waals surface area contributed by atoms with E-state index in [0.717, 1.165) is 14.9 Å². The molecule has 1 aliphatic rings. The fourth-order valence-electron chi connectivity index (χ4n) is 3.80. The summed E-state index contributed by atoms with van der Waals surface area (Å²) in [5.41, 5.74) is 2.09. The number of aromatic carboxylic acids is 1. The van der Waals surface area contributed by atoms with Crippen LogP contribution >= 0.6 is 27.5 Å². The van der Waals surface area contributed by atoms with E-state index in [-0.39, 0.29) is 40.9 Å². The van der Waals surface area contributed by atoms with Gasteiger partial charge in [0.25, 0.3) is 11.8 Å². The van der Waals surface area contributed by atoms with E-state index in [4.69, 9.17) is 26.2 Å². The molecule has 0 spiro atoms. The number of aryl methyl sites for hydroxylation is 1. The molecule has 0 radical (unpaired) electrons. The van der Waals surface area contributed by atoms with Crippen LogP contribution in [0.4, 0.5) is 10.5 Å². The third kappa shape index (κ3) is 6.13. The van der Waals surface area contributed by atoms with Crippen molar-refractivity contribution in [1.82, 2.24) is 5.32 Å². The van der Waals surface area contributed by atoms with Crippen molar-refractivity contribution in [3.05, 3.63) is 91.9 Å². The zero-order chi connectivity index (χ0) is 28.3. The summed E-state index contributed by atoms with van der Waals surface area (Å²) in [5, 5.41) is 11.4. The molecular weight excluding hydrogens is 592 g/mol. The molecule has 2 N–H and O–H groups in total. The number of nitrogens with one attached hydrogen (secondary N) is 1. The minimum Gasteiger partial charge on any atom is -0.490 e. The molecule has 4 amide bonds. The van der Waals surface area contributed by atoms with Crippen LogP contribution in [-0.4, -0.2) is 35.5 Å². The third-order valence-electron chi connectivity index (χ3n) is 5.73. The van der Waals surface area contributed by atoms with Gasteiger partial charge in [0.1, 0.15) is 12.2 Å². The van der Waals surface area contributed by atoms with Gasteiger partial charge in [0.15, 0.2) is 11.5 Å². The van der Waals surface area contributed by atoms with Gasteiger partial charge in [-0.05, 0) is 79.1 Å². The summed E-state index contributed by atoms with van der Waals surface area (Å²) in [6.45, 7) is 3.96. The predicted octanol–water partition coefficient (Wildman–Crippen LogP) is 5.75. The largest absolute Gasteiger partial charge is 0.490 e. The Kier molecular flexibility index (Phi) is 8.37. The smallest absolute Gasteiger partial charge is 0.335 e. The normalized spacial score (nSPS) is 14.4. The number of nitrogens with zero attached hydrogens (tertiary/aromatic N) is 1. The second-order valence-electron chi connectivity index (χ2n) is 8.45. The van der Waals surface area contributed by atoms with Crippen molar-refractivity contribution in [2.75, 3.05) is 11.5 Å². The van der Waals surface area contributed by atoms with Crippen LogP contribution < -0.4 is 19.7 Å². The Morgan fingerprint density at radius 2 is 1.79 bits per heavy atom. The highest BCUT2D eigenvalue weighted by Gasteiger charge is 2.37. The average molecular weight is 614 g/mol. The standard InChI is InChI=1S/C28H22BrClN2O7/c1-3-38-23-13-17(12-22(30)24(23)39-14-16-4-6-18(7-5-16)27(35)36)11-20-25(33)31-28(37)32(26(20)34)19-8-9-21(29)15(2)10-19/h4-13H,3,14H2,1-2H3,(H,35,36)(H,31,33,37)/b20-11+. The zero-order valence-electron chi connectivity index (χ0n) is 20.8. The molecule has 3 aromatic carbocycles. The van der Waals surface area contributed by atoms with Crippen molar-refractivity contribution in [2.45, 2.75) is 20.5 Å². The molecule has 0 unspecified atom stereocenters. The minimum absolute atomic E-state index is 0.0880. The van der Waals surface area contributed by atoms with Gasteiger partial charge in [0.05, 0.1) is 22.9 Å². The number of amides is 4.